The largest absolute Gasteiger partial charge is 0.397 e. The van der Waals surface area contributed by atoms with E-state index in [4.69, 9.17) is 9.69 Å². The monoisotopic (exact) mass is 239 g/mol. The average Bonchev–Trinajstić information content (AvgIpc) is 2.15. The molecule has 0 fully saturated rings. The van der Waals surface area contributed by atoms with Crippen molar-refractivity contribution in [3.05, 3.63) is 12.2 Å². The van der Waals surface area contributed by atoms with Gasteiger partial charge in [0.2, 0.25) is 0 Å². The van der Waals surface area contributed by atoms with Crippen LogP contribution in [0.4, 0.5) is 0 Å². The van der Waals surface area contributed by atoms with Crippen LogP contribution in [-0.4, -0.2) is 13.9 Å². The molecule has 0 aliphatic carbocycles. The predicted octanol–water partition coefficient (Wildman–Crippen LogP) is 4.26. The molecule has 0 aromatic rings. The molecule has 0 rings (SSSR count). The first-order valence-electron chi connectivity index (χ1n) is 6.12. The second-order valence-electron chi connectivity index (χ2n) is 5.33. The second-order valence-corrected chi connectivity index (χ2v) is 9.76. The maximum atomic E-state index is 9.15. The van der Waals surface area contributed by atoms with E-state index in [2.05, 4.69) is 38.7 Å². The van der Waals surface area contributed by atoms with Crippen molar-refractivity contribution in [2.45, 2.75) is 64.8 Å². The number of unbranched alkanes of at least 4 members (excludes halogenated alkanes) is 3. The quantitative estimate of drug-likeness (QED) is 0.378. The zero-order valence-corrected chi connectivity index (χ0v) is 12.3. The van der Waals surface area contributed by atoms with Gasteiger partial charge in [0.1, 0.15) is 6.07 Å². The van der Waals surface area contributed by atoms with Crippen molar-refractivity contribution in [2.24, 2.45) is 0 Å². The lowest BCUT2D eigenvalue weighted by molar-refractivity contribution is 0.192. The minimum Gasteiger partial charge on any atom is -0.397 e. The van der Waals surface area contributed by atoms with Crippen LogP contribution in [0.25, 0.3) is 0 Å². The fourth-order valence-electron chi connectivity index (χ4n) is 1.55. The van der Waals surface area contributed by atoms with E-state index in [0.717, 1.165) is 6.42 Å². The summed E-state index contributed by atoms with van der Waals surface area (Å²) in [7, 11) is -1.66. The van der Waals surface area contributed by atoms with Crippen LogP contribution in [-0.2, 0) is 4.43 Å². The van der Waals surface area contributed by atoms with Crippen LogP contribution in [0.15, 0.2) is 12.2 Å². The number of rotatable bonds is 7. The molecule has 0 aliphatic heterocycles. The van der Waals surface area contributed by atoms with Crippen molar-refractivity contribution in [3.8, 4) is 6.07 Å². The van der Waals surface area contributed by atoms with Crippen LogP contribution in [0.1, 0.15) is 39.5 Å². The van der Waals surface area contributed by atoms with E-state index >= 15 is 0 Å². The van der Waals surface area contributed by atoms with E-state index in [1.807, 2.05) is 13.0 Å². The van der Waals surface area contributed by atoms with Crippen LogP contribution < -0.4 is 0 Å². The van der Waals surface area contributed by atoms with Crippen molar-refractivity contribution >= 4 is 8.32 Å². The molecule has 16 heavy (non-hydrogen) atoms. The summed E-state index contributed by atoms with van der Waals surface area (Å²) < 4.78 is 5.87. The highest BCUT2D eigenvalue weighted by atomic mass is 28.4. The normalized spacial score (nSPS) is 16.0. The minimum absolute atomic E-state index is 0.739. The van der Waals surface area contributed by atoms with Crippen molar-refractivity contribution in [1.29, 1.82) is 5.26 Å². The molecule has 0 N–H and O–H groups in total. The summed E-state index contributed by atoms with van der Waals surface area (Å²) in [6, 6.07) is 2.25. The zero-order valence-electron chi connectivity index (χ0n) is 11.3. The lowest BCUT2D eigenvalue weighted by Gasteiger charge is -2.27. The van der Waals surface area contributed by atoms with Crippen molar-refractivity contribution in [1.82, 2.24) is 0 Å². The number of hydrogen-bond acceptors (Lipinski definition) is 2. The molecule has 0 aliphatic rings. The van der Waals surface area contributed by atoms with Gasteiger partial charge in [-0.2, -0.15) is 5.26 Å². The van der Waals surface area contributed by atoms with Crippen LogP contribution >= 0.6 is 0 Å². The van der Waals surface area contributed by atoms with Gasteiger partial charge in [-0.1, -0.05) is 25.8 Å². The number of allylic oxidation sites excluding steroid dienone is 1. The van der Waals surface area contributed by atoms with E-state index in [-0.39, 0.29) is 0 Å². The van der Waals surface area contributed by atoms with E-state index < -0.39 is 13.9 Å². The fourth-order valence-corrected chi connectivity index (χ4v) is 2.94. The molecule has 0 bridgehead atoms. The molecule has 0 aromatic heterocycles. The Kier molecular flexibility index (Phi) is 6.62. The Balaban J connectivity index is 4.22. The highest BCUT2D eigenvalue weighted by Gasteiger charge is 2.28. The fraction of sp³-hybridized carbons (Fsp3) is 0.769. The third kappa shape index (κ3) is 7.67. The first-order chi connectivity index (χ1) is 7.33. The maximum Gasteiger partial charge on any atom is 0.186 e. The van der Waals surface area contributed by atoms with Crippen LogP contribution in [0.3, 0.4) is 0 Å². The van der Waals surface area contributed by atoms with Gasteiger partial charge in [0.25, 0.3) is 0 Å². The van der Waals surface area contributed by atoms with E-state index in [0.29, 0.717) is 0 Å². The van der Waals surface area contributed by atoms with Gasteiger partial charge in [-0.3, -0.25) is 0 Å². The molecular weight excluding hydrogens is 214 g/mol. The molecule has 3 heteroatoms. The standard InChI is InChI=1S/C13H25NOSi/c1-6-7-8-9-10-11-13(2,12-14)15-16(3,4)5/h10-11H,6-9H2,1-5H3/b11-10+. The third-order valence-corrected chi connectivity index (χ3v) is 3.19. The zero-order chi connectivity index (χ0) is 12.7. The Bertz CT molecular complexity index is 262. The number of nitriles is 1. The molecular formula is C13H25NOSi. The molecule has 0 aromatic carbocycles. The van der Waals surface area contributed by atoms with Gasteiger partial charge in [0.15, 0.2) is 13.9 Å². The van der Waals surface area contributed by atoms with E-state index in [1.54, 1.807) is 0 Å². The van der Waals surface area contributed by atoms with Gasteiger partial charge in [-0.15, -0.1) is 0 Å². The highest BCUT2D eigenvalue weighted by Crippen LogP contribution is 2.19. The van der Waals surface area contributed by atoms with Crippen molar-refractivity contribution < 1.29 is 4.43 Å². The molecule has 0 spiro atoms. The number of nitrogens with zero attached hydrogens (tertiary/aromatic N) is 1. The van der Waals surface area contributed by atoms with Gasteiger partial charge in [-0.25, -0.2) is 0 Å². The molecule has 0 radical (unpaired) electrons. The Morgan fingerprint density at radius 3 is 2.38 bits per heavy atom. The third-order valence-electron chi connectivity index (χ3n) is 2.15. The van der Waals surface area contributed by atoms with Gasteiger partial charge < -0.3 is 4.43 Å². The molecule has 0 amide bonds. The van der Waals surface area contributed by atoms with Crippen molar-refractivity contribution in [2.75, 3.05) is 0 Å². The van der Waals surface area contributed by atoms with Gasteiger partial charge in [0.05, 0.1) is 0 Å². The second kappa shape index (κ2) is 6.88. The first kappa shape index (κ1) is 15.4. The summed E-state index contributed by atoms with van der Waals surface area (Å²) in [4.78, 5) is 0. The molecule has 1 atom stereocenters. The summed E-state index contributed by atoms with van der Waals surface area (Å²) in [5, 5.41) is 9.15. The lowest BCUT2D eigenvalue weighted by atomic mass is 10.1. The highest BCUT2D eigenvalue weighted by molar-refractivity contribution is 6.69. The minimum atomic E-state index is -1.66. The van der Waals surface area contributed by atoms with E-state index in [1.165, 1.54) is 19.3 Å². The topological polar surface area (TPSA) is 33.0 Å². The number of hydrogen-bond donors (Lipinski definition) is 0. The first-order valence-corrected chi connectivity index (χ1v) is 9.53. The SMILES string of the molecule is CCCCC/C=C/C(C)(C#N)O[Si](C)(C)C. The smallest absolute Gasteiger partial charge is 0.186 e. The Morgan fingerprint density at radius 1 is 1.31 bits per heavy atom. The van der Waals surface area contributed by atoms with E-state index in [9.17, 15) is 0 Å². The molecule has 0 heterocycles. The summed E-state index contributed by atoms with van der Waals surface area (Å²) in [5.74, 6) is 0. The lowest BCUT2D eigenvalue weighted by Crippen LogP contribution is -2.38. The molecule has 2 nitrogen and oxygen atoms in total. The molecule has 0 saturated carbocycles. The van der Waals surface area contributed by atoms with Crippen LogP contribution in [0.2, 0.25) is 19.6 Å². The summed E-state index contributed by atoms with van der Waals surface area (Å²) in [6.45, 7) is 10.4. The Hall–Kier alpha value is -0.593. The van der Waals surface area contributed by atoms with Gasteiger partial charge in [-0.05, 0) is 45.5 Å². The Morgan fingerprint density at radius 2 is 1.94 bits per heavy atom. The molecule has 0 saturated heterocycles. The maximum absolute atomic E-state index is 9.15. The van der Waals surface area contributed by atoms with Gasteiger partial charge in [0, 0.05) is 0 Å². The molecule has 92 valence electrons. The Labute approximate surface area is 101 Å². The summed E-state index contributed by atoms with van der Waals surface area (Å²) >= 11 is 0. The molecule has 1 unspecified atom stereocenters. The van der Waals surface area contributed by atoms with Crippen LogP contribution in [0, 0.1) is 11.3 Å². The van der Waals surface area contributed by atoms with Crippen LogP contribution in [0.5, 0.6) is 0 Å². The van der Waals surface area contributed by atoms with Crippen molar-refractivity contribution in [3.63, 3.8) is 0 Å². The predicted molar refractivity (Wildman–Crippen MR) is 71.7 cm³/mol. The van der Waals surface area contributed by atoms with Gasteiger partial charge >= 0.3 is 0 Å². The summed E-state index contributed by atoms with van der Waals surface area (Å²) in [5.41, 5.74) is -0.739. The summed E-state index contributed by atoms with van der Waals surface area (Å²) in [6.07, 6.45) is 8.72. The average molecular weight is 239 g/mol.